The molecule has 1 heterocycles. The van der Waals surface area contributed by atoms with Gasteiger partial charge >= 0.3 is 0 Å². The Morgan fingerprint density at radius 1 is 1.33 bits per heavy atom. The highest BCUT2D eigenvalue weighted by atomic mass is 16.2. The maximum absolute atomic E-state index is 12.7. The average Bonchev–Trinajstić information content (AvgIpc) is 2.47. The van der Waals surface area contributed by atoms with E-state index < -0.39 is 0 Å². The average molecular weight is 283 g/mol. The quantitative estimate of drug-likeness (QED) is 0.877. The van der Waals surface area contributed by atoms with Crippen LogP contribution in [0.4, 0.5) is 5.69 Å². The number of hydrogen-bond acceptors (Lipinski definition) is 3. The first-order valence-electron chi connectivity index (χ1n) is 7.05. The number of nitrogen functional groups attached to an aromatic ring is 1. The van der Waals surface area contributed by atoms with Gasteiger partial charge in [-0.2, -0.15) is 0 Å². The van der Waals surface area contributed by atoms with Crippen molar-refractivity contribution in [3.8, 4) is 0 Å². The second-order valence-electron chi connectivity index (χ2n) is 5.46. The molecule has 2 aromatic rings. The van der Waals surface area contributed by atoms with Gasteiger partial charge in [-0.15, -0.1) is 0 Å². The van der Waals surface area contributed by atoms with Crippen molar-refractivity contribution in [3.05, 3.63) is 59.4 Å². The fourth-order valence-corrected chi connectivity index (χ4v) is 2.12. The zero-order valence-electron chi connectivity index (χ0n) is 12.7. The van der Waals surface area contributed by atoms with Gasteiger partial charge in [0.05, 0.1) is 0 Å². The number of aromatic nitrogens is 1. The van der Waals surface area contributed by atoms with E-state index in [9.17, 15) is 4.79 Å². The van der Waals surface area contributed by atoms with Crippen LogP contribution < -0.4 is 5.73 Å². The number of rotatable bonds is 4. The maximum atomic E-state index is 12.7. The first-order chi connectivity index (χ1) is 9.99. The Bertz CT molecular complexity index is 623. The first-order valence-corrected chi connectivity index (χ1v) is 7.05. The van der Waals surface area contributed by atoms with E-state index in [1.807, 2.05) is 49.9 Å². The van der Waals surface area contributed by atoms with Crippen molar-refractivity contribution in [2.24, 2.45) is 0 Å². The summed E-state index contributed by atoms with van der Waals surface area (Å²) in [7, 11) is 0. The van der Waals surface area contributed by atoms with Gasteiger partial charge in [0.1, 0.15) is 0 Å². The molecule has 0 aliphatic heterocycles. The second kappa shape index (κ2) is 6.39. The minimum Gasteiger partial charge on any atom is -0.398 e. The number of amides is 1. The topological polar surface area (TPSA) is 59.2 Å². The molecule has 4 nitrogen and oxygen atoms in total. The van der Waals surface area contributed by atoms with E-state index in [4.69, 9.17) is 5.73 Å². The molecular weight excluding hydrogens is 262 g/mol. The second-order valence-corrected chi connectivity index (χ2v) is 5.46. The summed E-state index contributed by atoms with van der Waals surface area (Å²) in [6, 6.07) is 9.40. The standard InChI is InChI=1S/C17H21N3O/c1-12(2)20(11-14-5-4-8-19-10-14)17(21)15-7-6-13(3)16(18)9-15/h4-10,12H,11,18H2,1-3H3. The van der Waals surface area contributed by atoms with E-state index in [1.165, 1.54) is 0 Å². The van der Waals surface area contributed by atoms with Gasteiger partial charge in [0.15, 0.2) is 0 Å². The summed E-state index contributed by atoms with van der Waals surface area (Å²) in [5.74, 6) is -0.0134. The lowest BCUT2D eigenvalue weighted by Gasteiger charge is -2.27. The van der Waals surface area contributed by atoms with Crippen LogP contribution in [0.1, 0.15) is 35.3 Å². The highest BCUT2D eigenvalue weighted by molar-refractivity contribution is 5.95. The molecule has 0 atom stereocenters. The van der Waals surface area contributed by atoms with E-state index in [2.05, 4.69) is 4.98 Å². The molecule has 1 aromatic carbocycles. The van der Waals surface area contributed by atoms with E-state index in [0.29, 0.717) is 17.8 Å². The number of nitrogens with two attached hydrogens (primary N) is 1. The number of carbonyl (C=O) groups is 1. The van der Waals surface area contributed by atoms with Gasteiger partial charge in [-0.25, -0.2) is 0 Å². The van der Waals surface area contributed by atoms with E-state index in [-0.39, 0.29) is 11.9 Å². The molecule has 0 fully saturated rings. The Labute approximate surface area is 125 Å². The molecule has 0 saturated heterocycles. The molecule has 110 valence electrons. The van der Waals surface area contributed by atoms with Crippen LogP contribution in [0.2, 0.25) is 0 Å². The summed E-state index contributed by atoms with van der Waals surface area (Å²) < 4.78 is 0. The summed E-state index contributed by atoms with van der Waals surface area (Å²) >= 11 is 0. The van der Waals surface area contributed by atoms with Crippen LogP contribution in [0.3, 0.4) is 0 Å². The highest BCUT2D eigenvalue weighted by Crippen LogP contribution is 2.17. The van der Waals surface area contributed by atoms with Crippen LogP contribution in [-0.4, -0.2) is 21.8 Å². The molecule has 0 bridgehead atoms. The van der Waals surface area contributed by atoms with Crippen molar-refractivity contribution in [1.29, 1.82) is 0 Å². The molecule has 0 aliphatic carbocycles. The Morgan fingerprint density at radius 3 is 2.67 bits per heavy atom. The summed E-state index contributed by atoms with van der Waals surface area (Å²) in [6.45, 7) is 6.48. The lowest BCUT2D eigenvalue weighted by Crippen LogP contribution is -2.36. The zero-order valence-corrected chi connectivity index (χ0v) is 12.7. The van der Waals surface area contributed by atoms with Crippen molar-refractivity contribution in [1.82, 2.24) is 9.88 Å². The van der Waals surface area contributed by atoms with Crippen LogP contribution in [-0.2, 0) is 6.54 Å². The van der Waals surface area contributed by atoms with E-state index >= 15 is 0 Å². The molecule has 4 heteroatoms. The lowest BCUT2D eigenvalue weighted by molar-refractivity contribution is 0.0690. The SMILES string of the molecule is Cc1ccc(C(=O)N(Cc2cccnc2)C(C)C)cc1N. The number of benzene rings is 1. The normalized spacial score (nSPS) is 10.7. The van der Waals surface area contributed by atoms with Gasteiger partial charge in [-0.1, -0.05) is 12.1 Å². The monoisotopic (exact) mass is 283 g/mol. The van der Waals surface area contributed by atoms with E-state index in [1.54, 1.807) is 18.5 Å². The number of aryl methyl sites for hydroxylation is 1. The van der Waals surface area contributed by atoms with Crippen molar-refractivity contribution in [2.45, 2.75) is 33.4 Å². The lowest BCUT2D eigenvalue weighted by atomic mass is 10.1. The zero-order chi connectivity index (χ0) is 15.4. The van der Waals surface area contributed by atoms with Crippen LogP contribution in [0.15, 0.2) is 42.7 Å². The van der Waals surface area contributed by atoms with Crippen molar-refractivity contribution in [2.75, 3.05) is 5.73 Å². The predicted octanol–water partition coefficient (Wildman–Crippen LogP) is 3.02. The summed E-state index contributed by atoms with van der Waals surface area (Å²) in [5.41, 5.74) is 9.17. The minimum absolute atomic E-state index is 0.0134. The van der Waals surface area contributed by atoms with Crippen molar-refractivity contribution in [3.63, 3.8) is 0 Å². The van der Waals surface area contributed by atoms with E-state index in [0.717, 1.165) is 11.1 Å². The van der Waals surface area contributed by atoms with Gasteiger partial charge in [0, 0.05) is 36.2 Å². The third kappa shape index (κ3) is 3.60. The van der Waals surface area contributed by atoms with Crippen LogP contribution in [0.5, 0.6) is 0 Å². The van der Waals surface area contributed by atoms with Crippen LogP contribution in [0.25, 0.3) is 0 Å². The molecule has 21 heavy (non-hydrogen) atoms. The third-order valence-corrected chi connectivity index (χ3v) is 3.49. The van der Waals surface area contributed by atoms with Crippen LogP contribution in [0, 0.1) is 6.92 Å². The molecular formula is C17H21N3O. The van der Waals surface area contributed by atoms with Gasteiger partial charge in [0.2, 0.25) is 0 Å². The molecule has 2 rings (SSSR count). The largest absolute Gasteiger partial charge is 0.398 e. The number of carbonyl (C=O) groups excluding carboxylic acids is 1. The Morgan fingerprint density at radius 2 is 2.10 bits per heavy atom. The fourth-order valence-electron chi connectivity index (χ4n) is 2.12. The van der Waals surface area contributed by atoms with Gasteiger partial charge in [-0.05, 0) is 50.1 Å². The molecule has 0 unspecified atom stereocenters. The fraction of sp³-hybridized carbons (Fsp3) is 0.294. The molecule has 2 N–H and O–H groups in total. The van der Waals surface area contributed by atoms with Gasteiger partial charge in [0.25, 0.3) is 5.91 Å². The summed E-state index contributed by atoms with van der Waals surface area (Å²) in [6.07, 6.45) is 3.51. The summed E-state index contributed by atoms with van der Waals surface area (Å²) in [4.78, 5) is 18.6. The highest BCUT2D eigenvalue weighted by Gasteiger charge is 2.19. The van der Waals surface area contributed by atoms with Gasteiger partial charge in [-0.3, -0.25) is 9.78 Å². The van der Waals surface area contributed by atoms with Crippen molar-refractivity contribution >= 4 is 11.6 Å². The maximum Gasteiger partial charge on any atom is 0.254 e. The first kappa shape index (κ1) is 15.0. The van der Waals surface area contributed by atoms with Crippen molar-refractivity contribution < 1.29 is 4.79 Å². The number of pyridine rings is 1. The Kier molecular flexibility index (Phi) is 4.58. The third-order valence-electron chi connectivity index (χ3n) is 3.49. The molecule has 1 amide bonds. The number of hydrogen-bond donors (Lipinski definition) is 1. The molecule has 0 aliphatic rings. The molecule has 0 radical (unpaired) electrons. The molecule has 0 saturated carbocycles. The number of anilines is 1. The summed E-state index contributed by atoms with van der Waals surface area (Å²) in [5, 5.41) is 0. The Hall–Kier alpha value is -2.36. The molecule has 1 aromatic heterocycles. The smallest absolute Gasteiger partial charge is 0.254 e. The Balaban J connectivity index is 2.25. The predicted molar refractivity (Wildman–Crippen MR) is 84.8 cm³/mol. The minimum atomic E-state index is -0.0134. The van der Waals surface area contributed by atoms with Crippen LogP contribution >= 0.6 is 0 Å². The molecule has 0 spiro atoms. The van der Waals surface area contributed by atoms with Gasteiger partial charge < -0.3 is 10.6 Å². The number of nitrogens with zero attached hydrogens (tertiary/aromatic N) is 2.